The largest absolute Gasteiger partial charge is 0.310 e. The number of nitrogens with one attached hydrogen (secondary N) is 1. The average molecular weight is 350 g/mol. The summed E-state index contributed by atoms with van der Waals surface area (Å²) < 4.78 is 13.9. The fraction of sp³-hybridized carbons (Fsp3) is 0.250. The van der Waals surface area contributed by atoms with Crippen molar-refractivity contribution in [2.24, 2.45) is 0 Å². The molecular formula is C20H19FN4O. The maximum Gasteiger partial charge on any atom is 0.251 e. The minimum Gasteiger partial charge on any atom is -0.310 e. The minimum absolute atomic E-state index is 0.131. The summed E-state index contributed by atoms with van der Waals surface area (Å²) in [4.78, 5) is 25.9. The van der Waals surface area contributed by atoms with E-state index in [1.165, 1.54) is 12.1 Å². The lowest BCUT2D eigenvalue weighted by Crippen LogP contribution is -2.22. The van der Waals surface area contributed by atoms with Crippen LogP contribution >= 0.6 is 0 Å². The number of pyridine rings is 1. The molecule has 0 amide bonds. The molecule has 1 N–H and O–H groups in total. The molecular weight excluding hydrogens is 331 g/mol. The van der Waals surface area contributed by atoms with Crippen LogP contribution < -0.4 is 5.56 Å². The van der Waals surface area contributed by atoms with Crippen LogP contribution in [-0.2, 0) is 6.54 Å². The van der Waals surface area contributed by atoms with Crippen molar-refractivity contribution < 1.29 is 4.39 Å². The summed E-state index contributed by atoms with van der Waals surface area (Å²) in [5.74, 6) is 0.638. The summed E-state index contributed by atoms with van der Waals surface area (Å²) in [6, 6.07) is 12.0. The topological polar surface area (TPSA) is 61.9 Å². The Hall–Kier alpha value is -2.86. The molecule has 0 unspecified atom stereocenters. The summed E-state index contributed by atoms with van der Waals surface area (Å²) >= 11 is 0. The number of halogens is 1. The molecule has 1 fully saturated rings. The summed E-state index contributed by atoms with van der Waals surface area (Å²) in [6.07, 6.45) is 4.27. The number of likely N-dealkylation sites (tertiary alicyclic amines) is 1. The molecule has 3 aromatic rings. The van der Waals surface area contributed by atoms with Crippen LogP contribution in [0.3, 0.4) is 0 Å². The molecule has 1 aliphatic heterocycles. The Morgan fingerprint density at radius 1 is 1.23 bits per heavy atom. The maximum absolute atomic E-state index is 13.9. The van der Waals surface area contributed by atoms with Crippen LogP contribution in [0.15, 0.2) is 59.7 Å². The normalized spacial score (nSPS) is 17.5. The van der Waals surface area contributed by atoms with Crippen molar-refractivity contribution in [3.63, 3.8) is 0 Å². The van der Waals surface area contributed by atoms with E-state index >= 15 is 0 Å². The van der Waals surface area contributed by atoms with Crippen LogP contribution in [0.4, 0.5) is 4.39 Å². The first-order valence-corrected chi connectivity index (χ1v) is 8.66. The van der Waals surface area contributed by atoms with E-state index in [9.17, 15) is 9.18 Å². The van der Waals surface area contributed by atoms with Crippen molar-refractivity contribution in [2.75, 3.05) is 13.1 Å². The number of hydrogen-bond acceptors (Lipinski definition) is 4. The van der Waals surface area contributed by atoms with Crippen LogP contribution in [-0.4, -0.2) is 32.9 Å². The van der Waals surface area contributed by atoms with Gasteiger partial charge in [0.1, 0.15) is 11.6 Å². The van der Waals surface area contributed by atoms with Gasteiger partial charge in [-0.2, -0.15) is 0 Å². The molecule has 1 saturated heterocycles. The second-order valence-electron chi connectivity index (χ2n) is 6.57. The number of aromatic nitrogens is 3. The van der Waals surface area contributed by atoms with Gasteiger partial charge in [-0.15, -0.1) is 0 Å². The Morgan fingerprint density at radius 3 is 2.92 bits per heavy atom. The first kappa shape index (κ1) is 16.6. The lowest BCUT2D eigenvalue weighted by Gasteiger charge is -2.16. The Balaban J connectivity index is 1.53. The zero-order valence-corrected chi connectivity index (χ0v) is 14.2. The van der Waals surface area contributed by atoms with Gasteiger partial charge in [-0.05, 0) is 31.2 Å². The van der Waals surface area contributed by atoms with Gasteiger partial charge in [-0.3, -0.25) is 14.7 Å². The van der Waals surface area contributed by atoms with E-state index in [1.54, 1.807) is 18.5 Å². The summed E-state index contributed by atoms with van der Waals surface area (Å²) in [6.45, 7) is 2.16. The van der Waals surface area contributed by atoms with Crippen molar-refractivity contribution >= 4 is 0 Å². The summed E-state index contributed by atoms with van der Waals surface area (Å²) in [5.41, 5.74) is 1.98. The van der Waals surface area contributed by atoms with E-state index in [0.29, 0.717) is 23.6 Å². The van der Waals surface area contributed by atoms with Gasteiger partial charge in [0.05, 0.1) is 5.69 Å². The molecule has 26 heavy (non-hydrogen) atoms. The van der Waals surface area contributed by atoms with Gasteiger partial charge in [0.15, 0.2) is 0 Å². The molecule has 0 aliphatic carbocycles. The van der Waals surface area contributed by atoms with E-state index in [-0.39, 0.29) is 17.3 Å². The molecule has 1 aromatic carbocycles. The van der Waals surface area contributed by atoms with Gasteiger partial charge in [-0.25, -0.2) is 9.37 Å². The van der Waals surface area contributed by atoms with Crippen molar-refractivity contribution in [3.05, 3.63) is 82.4 Å². The highest BCUT2D eigenvalue weighted by Crippen LogP contribution is 2.27. The summed E-state index contributed by atoms with van der Waals surface area (Å²) in [5, 5.41) is 0. The molecule has 5 nitrogen and oxygen atoms in total. The van der Waals surface area contributed by atoms with Crippen molar-refractivity contribution in [1.29, 1.82) is 0 Å². The highest BCUT2D eigenvalue weighted by molar-refractivity contribution is 5.56. The Kier molecular flexibility index (Phi) is 4.58. The molecule has 4 rings (SSSR count). The SMILES string of the molecule is O=c1cc(-c2cccnc2)nc([C@H]2CCN(Cc3ccccc3F)C2)[nH]1. The molecule has 6 heteroatoms. The number of aromatic amines is 1. The minimum atomic E-state index is -0.180. The van der Waals surface area contributed by atoms with Gasteiger partial charge < -0.3 is 4.98 Å². The number of benzene rings is 1. The Labute approximate surface area is 150 Å². The maximum atomic E-state index is 13.9. The third-order valence-electron chi connectivity index (χ3n) is 4.73. The zero-order valence-electron chi connectivity index (χ0n) is 14.2. The molecule has 0 spiro atoms. The first-order chi connectivity index (χ1) is 12.7. The standard InChI is InChI=1S/C20H19FN4O/c21-17-6-2-1-4-15(17)12-25-9-7-16(13-25)20-23-18(10-19(26)24-20)14-5-3-8-22-11-14/h1-6,8,10-11,16H,7,9,12-13H2,(H,23,24,26)/t16-/m0/s1. The lowest BCUT2D eigenvalue weighted by molar-refractivity contribution is 0.320. The molecule has 1 aliphatic rings. The average Bonchev–Trinajstić information content (AvgIpc) is 3.13. The highest BCUT2D eigenvalue weighted by atomic mass is 19.1. The van der Waals surface area contributed by atoms with E-state index in [2.05, 4.69) is 19.9 Å². The van der Waals surface area contributed by atoms with Gasteiger partial charge in [0, 0.05) is 48.6 Å². The quantitative estimate of drug-likeness (QED) is 0.786. The van der Waals surface area contributed by atoms with Crippen LogP contribution in [0.1, 0.15) is 23.7 Å². The number of rotatable bonds is 4. The highest BCUT2D eigenvalue weighted by Gasteiger charge is 2.26. The Bertz CT molecular complexity index is 957. The monoisotopic (exact) mass is 350 g/mol. The van der Waals surface area contributed by atoms with Crippen LogP contribution in [0.5, 0.6) is 0 Å². The van der Waals surface area contributed by atoms with Gasteiger partial charge in [0.25, 0.3) is 5.56 Å². The fourth-order valence-corrected chi connectivity index (χ4v) is 3.40. The van der Waals surface area contributed by atoms with Crippen molar-refractivity contribution in [1.82, 2.24) is 19.9 Å². The van der Waals surface area contributed by atoms with E-state index in [1.807, 2.05) is 24.3 Å². The molecule has 132 valence electrons. The molecule has 3 heterocycles. The van der Waals surface area contributed by atoms with Crippen LogP contribution in [0.25, 0.3) is 11.3 Å². The Morgan fingerprint density at radius 2 is 2.12 bits per heavy atom. The number of hydrogen-bond donors (Lipinski definition) is 1. The zero-order chi connectivity index (χ0) is 17.9. The molecule has 1 atom stereocenters. The smallest absolute Gasteiger partial charge is 0.251 e. The molecule has 2 aromatic heterocycles. The van der Waals surface area contributed by atoms with Gasteiger partial charge in [0.2, 0.25) is 0 Å². The molecule has 0 bridgehead atoms. The third-order valence-corrected chi connectivity index (χ3v) is 4.73. The third kappa shape index (κ3) is 3.55. The number of H-pyrrole nitrogens is 1. The van der Waals surface area contributed by atoms with Crippen LogP contribution in [0, 0.1) is 5.82 Å². The predicted octanol–water partition coefficient (Wildman–Crippen LogP) is 2.96. The lowest BCUT2D eigenvalue weighted by atomic mass is 10.1. The summed E-state index contributed by atoms with van der Waals surface area (Å²) in [7, 11) is 0. The van der Waals surface area contributed by atoms with Gasteiger partial charge >= 0.3 is 0 Å². The van der Waals surface area contributed by atoms with E-state index in [4.69, 9.17) is 0 Å². The number of nitrogens with zero attached hydrogens (tertiary/aromatic N) is 3. The van der Waals surface area contributed by atoms with E-state index in [0.717, 1.165) is 25.1 Å². The van der Waals surface area contributed by atoms with Gasteiger partial charge in [-0.1, -0.05) is 18.2 Å². The van der Waals surface area contributed by atoms with Crippen molar-refractivity contribution in [3.8, 4) is 11.3 Å². The van der Waals surface area contributed by atoms with Crippen molar-refractivity contribution in [2.45, 2.75) is 18.9 Å². The molecule has 0 radical (unpaired) electrons. The van der Waals surface area contributed by atoms with E-state index < -0.39 is 0 Å². The predicted molar refractivity (Wildman–Crippen MR) is 97.1 cm³/mol. The second kappa shape index (κ2) is 7.17. The second-order valence-corrected chi connectivity index (χ2v) is 6.57. The van der Waals surface area contributed by atoms with Crippen LogP contribution in [0.2, 0.25) is 0 Å². The first-order valence-electron chi connectivity index (χ1n) is 8.66. The molecule has 0 saturated carbocycles. The fourth-order valence-electron chi connectivity index (χ4n) is 3.40.